The zero-order valence-corrected chi connectivity index (χ0v) is 10.4. The van der Waals surface area contributed by atoms with Gasteiger partial charge in [-0.25, -0.2) is 0 Å². The van der Waals surface area contributed by atoms with E-state index in [1.54, 1.807) is 30.0 Å². The van der Waals surface area contributed by atoms with Crippen molar-refractivity contribution in [2.45, 2.75) is 6.42 Å². The van der Waals surface area contributed by atoms with Crippen LogP contribution >= 0.6 is 11.8 Å². The van der Waals surface area contributed by atoms with Crippen LogP contribution in [0.2, 0.25) is 0 Å². The Hall–Kier alpha value is -1.82. The van der Waals surface area contributed by atoms with E-state index in [2.05, 4.69) is 10.9 Å². The summed E-state index contributed by atoms with van der Waals surface area (Å²) in [5.41, 5.74) is 7.16. The van der Waals surface area contributed by atoms with Crippen LogP contribution in [0.25, 0.3) is 0 Å². The normalized spacial score (nSPS) is 16.3. The smallest absolute Gasteiger partial charge is 0.269 e. The second kappa shape index (κ2) is 4.81. The maximum absolute atomic E-state index is 11.9. The van der Waals surface area contributed by atoms with Crippen molar-refractivity contribution in [1.29, 1.82) is 0 Å². The lowest BCUT2D eigenvalue weighted by atomic mass is 10.2. The lowest BCUT2D eigenvalue weighted by Crippen LogP contribution is -2.36. The van der Waals surface area contributed by atoms with E-state index in [0.29, 0.717) is 17.1 Å². The second-order valence-corrected chi connectivity index (χ2v) is 4.89. The second-order valence-electron chi connectivity index (χ2n) is 3.91. The average molecular weight is 264 g/mol. The van der Waals surface area contributed by atoms with E-state index in [1.807, 2.05) is 5.41 Å². The molecule has 0 atom stereocenters. The third kappa shape index (κ3) is 2.24. The summed E-state index contributed by atoms with van der Waals surface area (Å²) in [5, 5.41) is 2.01. The number of amides is 1. The maximum Gasteiger partial charge on any atom is 0.269 e. The zero-order chi connectivity index (χ0) is 12.4. The summed E-state index contributed by atoms with van der Waals surface area (Å²) in [4.78, 5) is 11.9. The molecule has 18 heavy (non-hydrogen) atoms. The number of rotatable bonds is 3. The Morgan fingerprint density at radius 3 is 3.00 bits per heavy atom. The maximum atomic E-state index is 11.9. The summed E-state index contributed by atoms with van der Waals surface area (Å²) in [7, 11) is 0. The summed E-state index contributed by atoms with van der Waals surface area (Å²) in [6.07, 6.45) is 0.950. The number of carbonyl (C=O) groups is 1. The minimum Gasteiger partial charge on any atom is -0.454 e. The predicted octanol–water partition coefficient (Wildman–Crippen LogP) is 1.63. The predicted molar refractivity (Wildman–Crippen MR) is 68.3 cm³/mol. The molecule has 0 bridgehead atoms. The van der Waals surface area contributed by atoms with Gasteiger partial charge in [0.15, 0.2) is 11.5 Å². The number of ether oxygens (including phenoxy) is 2. The molecular weight excluding hydrogens is 252 g/mol. The number of allylic oxidation sites excluding steroid dienone is 1. The van der Waals surface area contributed by atoms with Crippen molar-refractivity contribution in [3.63, 3.8) is 0 Å². The molecular formula is C12H12N2O3S. The van der Waals surface area contributed by atoms with Gasteiger partial charge in [0, 0.05) is 17.0 Å². The molecule has 2 N–H and O–H groups in total. The van der Waals surface area contributed by atoms with Gasteiger partial charge in [0.05, 0.1) is 0 Å². The molecule has 0 radical (unpaired) electrons. The van der Waals surface area contributed by atoms with Crippen molar-refractivity contribution in [2.24, 2.45) is 0 Å². The Kier molecular flexibility index (Phi) is 3.02. The van der Waals surface area contributed by atoms with Gasteiger partial charge in [-0.15, -0.1) is 11.8 Å². The highest BCUT2D eigenvalue weighted by atomic mass is 32.2. The van der Waals surface area contributed by atoms with Gasteiger partial charge in [-0.3, -0.25) is 10.2 Å². The van der Waals surface area contributed by atoms with Crippen LogP contribution < -0.4 is 20.3 Å². The van der Waals surface area contributed by atoms with Crippen LogP contribution in [0.1, 0.15) is 16.8 Å². The number of nitrogens with one attached hydrogen (secondary N) is 2. The zero-order valence-electron chi connectivity index (χ0n) is 9.56. The fraction of sp³-hybridized carbons (Fsp3) is 0.250. The van der Waals surface area contributed by atoms with Crippen LogP contribution in [0.4, 0.5) is 0 Å². The topological polar surface area (TPSA) is 59.6 Å². The van der Waals surface area contributed by atoms with Gasteiger partial charge in [0.1, 0.15) is 0 Å². The van der Waals surface area contributed by atoms with Gasteiger partial charge < -0.3 is 14.9 Å². The highest BCUT2D eigenvalue weighted by Crippen LogP contribution is 2.32. The van der Waals surface area contributed by atoms with Gasteiger partial charge in [-0.05, 0) is 30.0 Å². The number of thioether (sulfide) groups is 1. The first-order valence-corrected chi connectivity index (χ1v) is 6.64. The summed E-state index contributed by atoms with van der Waals surface area (Å²) in [6, 6.07) is 5.13. The van der Waals surface area contributed by atoms with Gasteiger partial charge in [0.25, 0.3) is 5.91 Å². The minimum atomic E-state index is -0.189. The average Bonchev–Trinajstić information content (AvgIpc) is 3.05. The molecule has 2 aliphatic heterocycles. The molecule has 0 saturated heterocycles. The monoisotopic (exact) mass is 264 g/mol. The Labute approximate surface area is 109 Å². The molecule has 0 fully saturated rings. The number of hydrogen-bond donors (Lipinski definition) is 2. The molecule has 5 nitrogen and oxygen atoms in total. The van der Waals surface area contributed by atoms with Gasteiger partial charge in [-0.2, -0.15) is 0 Å². The first-order valence-electron chi connectivity index (χ1n) is 5.59. The van der Waals surface area contributed by atoms with E-state index in [1.165, 1.54) is 0 Å². The molecule has 2 aliphatic rings. The molecule has 0 spiro atoms. The quantitative estimate of drug-likeness (QED) is 0.813. The van der Waals surface area contributed by atoms with E-state index in [9.17, 15) is 4.79 Å². The molecule has 0 aliphatic carbocycles. The van der Waals surface area contributed by atoms with Crippen molar-refractivity contribution in [1.82, 2.24) is 10.9 Å². The lowest BCUT2D eigenvalue weighted by molar-refractivity contribution is 0.0938. The Morgan fingerprint density at radius 2 is 2.17 bits per heavy atom. The van der Waals surface area contributed by atoms with Crippen LogP contribution in [-0.2, 0) is 0 Å². The first kappa shape index (κ1) is 11.3. The number of hydrogen-bond acceptors (Lipinski definition) is 5. The summed E-state index contributed by atoms with van der Waals surface area (Å²) in [6.45, 7) is 0.211. The van der Waals surface area contributed by atoms with E-state index >= 15 is 0 Å². The minimum absolute atomic E-state index is 0.189. The molecule has 0 saturated carbocycles. The number of benzene rings is 1. The van der Waals surface area contributed by atoms with Crippen LogP contribution in [0.15, 0.2) is 29.3 Å². The van der Waals surface area contributed by atoms with E-state index in [0.717, 1.165) is 17.9 Å². The van der Waals surface area contributed by atoms with Crippen molar-refractivity contribution >= 4 is 17.7 Å². The highest BCUT2D eigenvalue weighted by molar-refractivity contribution is 8.02. The van der Waals surface area contributed by atoms with Crippen molar-refractivity contribution < 1.29 is 14.3 Å². The Morgan fingerprint density at radius 1 is 1.28 bits per heavy atom. The fourth-order valence-corrected chi connectivity index (χ4v) is 2.56. The summed E-state index contributed by atoms with van der Waals surface area (Å²) >= 11 is 1.73. The molecule has 2 heterocycles. The van der Waals surface area contributed by atoms with Crippen LogP contribution in [0, 0.1) is 0 Å². The molecule has 1 amide bonds. The first-order chi connectivity index (χ1) is 8.83. The molecule has 94 valence electrons. The van der Waals surface area contributed by atoms with Crippen LogP contribution in [0.3, 0.4) is 0 Å². The van der Waals surface area contributed by atoms with E-state index in [-0.39, 0.29) is 12.7 Å². The van der Waals surface area contributed by atoms with E-state index in [4.69, 9.17) is 9.47 Å². The van der Waals surface area contributed by atoms with Crippen molar-refractivity contribution in [2.75, 3.05) is 12.5 Å². The van der Waals surface area contributed by atoms with Crippen LogP contribution in [-0.4, -0.2) is 18.5 Å². The van der Waals surface area contributed by atoms with Gasteiger partial charge >= 0.3 is 0 Å². The third-order valence-electron chi connectivity index (χ3n) is 2.69. The molecule has 6 heteroatoms. The molecule has 1 aromatic rings. The Bertz CT molecular complexity index is 516. The number of fused-ring (bicyclic) bond motifs is 1. The van der Waals surface area contributed by atoms with Crippen molar-refractivity contribution in [3.05, 3.63) is 34.9 Å². The Balaban J connectivity index is 1.65. The lowest BCUT2D eigenvalue weighted by Gasteiger charge is -2.09. The molecule has 1 aromatic carbocycles. The van der Waals surface area contributed by atoms with E-state index < -0.39 is 0 Å². The highest BCUT2D eigenvalue weighted by Gasteiger charge is 2.16. The van der Waals surface area contributed by atoms with Gasteiger partial charge in [0.2, 0.25) is 6.79 Å². The number of hydrazine groups is 1. The largest absolute Gasteiger partial charge is 0.454 e. The standard InChI is InChI=1S/C12H12N2O3S/c15-12(14-13-9-3-4-18-6-9)8-1-2-10-11(5-8)17-7-16-10/h1-2,5-6,13H,3-4,7H2,(H,14,15). The molecule has 0 aromatic heterocycles. The van der Waals surface area contributed by atoms with Crippen LogP contribution in [0.5, 0.6) is 11.5 Å². The summed E-state index contributed by atoms with van der Waals surface area (Å²) < 4.78 is 10.4. The SMILES string of the molecule is O=C(NNC1=CSCC1)c1ccc2c(c1)OCO2. The van der Waals surface area contributed by atoms with Gasteiger partial charge in [-0.1, -0.05) is 0 Å². The molecule has 0 unspecified atom stereocenters. The summed E-state index contributed by atoms with van der Waals surface area (Å²) in [5.74, 6) is 2.15. The molecule has 3 rings (SSSR count). The third-order valence-corrected chi connectivity index (χ3v) is 3.58. The number of carbonyl (C=O) groups excluding carboxylic acids is 1. The fourth-order valence-electron chi connectivity index (χ4n) is 1.73. The van der Waals surface area contributed by atoms with Crippen molar-refractivity contribution in [3.8, 4) is 11.5 Å².